The first-order valence-electron chi connectivity index (χ1n) is 12.7. The number of benzene rings is 1. The Labute approximate surface area is 199 Å². The molecule has 3 aromatic rings. The smallest absolute Gasteiger partial charge is 0.345 e. The van der Waals surface area contributed by atoms with E-state index >= 15 is 0 Å². The van der Waals surface area contributed by atoms with E-state index in [-0.39, 0.29) is 12.0 Å². The van der Waals surface area contributed by atoms with Gasteiger partial charge >= 0.3 is 6.18 Å². The summed E-state index contributed by atoms with van der Waals surface area (Å²) in [6.45, 7) is 8.47. The number of alkyl halides is 3. The van der Waals surface area contributed by atoms with Crippen molar-refractivity contribution in [2.24, 2.45) is 0 Å². The summed E-state index contributed by atoms with van der Waals surface area (Å²) in [5, 5.41) is 5.44. The van der Waals surface area contributed by atoms with Gasteiger partial charge < -0.3 is 4.57 Å². The lowest BCUT2D eigenvalue weighted by molar-refractivity contribution is -0.142. The summed E-state index contributed by atoms with van der Waals surface area (Å²) in [6, 6.07) is 4.79. The monoisotopic (exact) mass is 469 g/mol. The van der Waals surface area contributed by atoms with Gasteiger partial charge in [-0.2, -0.15) is 18.3 Å². The highest BCUT2D eigenvalue weighted by Crippen LogP contribution is 2.41. The number of fused-ring (bicyclic) bond motifs is 4. The molecule has 2 aliphatic carbocycles. The highest BCUT2D eigenvalue weighted by atomic mass is 19.4. The second-order valence-electron chi connectivity index (χ2n) is 10.5. The van der Waals surface area contributed by atoms with Gasteiger partial charge in [-0.15, -0.1) is 0 Å². The summed E-state index contributed by atoms with van der Waals surface area (Å²) in [7, 11) is 0. The number of hydrogen-bond acceptors (Lipinski definition) is 1. The third-order valence-corrected chi connectivity index (χ3v) is 7.74. The molecule has 2 aliphatic rings. The Morgan fingerprint density at radius 2 is 1.94 bits per heavy atom. The molecule has 0 aliphatic heterocycles. The van der Waals surface area contributed by atoms with E-state index in [1.54, 1.807) is 4.68 Å². The topological polar surface area (TPSA) is 22.8 Å². The fourth-order valence-electron chi connectivity index (χ4n) is 6.02. The molecule has 2 atom stereocenters. The largest absolute Gasteiger partial charge is 0.435 e. The summed E-state index contributed by atoms with van der Waals surface area (Å²) in [5.41, 5.74) is 5.85. The van der Waals surface area contributed by atoms with Crippen molar-refractivity contribution in [2.45, 2.75) is 96.8 Å². The zero-order valence-corrected chi connectivity index (χ0v) is 20.5. The lowest BCUT2D eigenvalue weighted by atomic mass is 9.87. The quantitative estimate of drug-likeness (QED) is 0.371. The zero-order chi connectivity index (χ0) is 24.2. The maximum Gasteiger partial charge on any atom is 0.435 e. The number of hydrogen-bond donors (Lipinski definition) is 0. The van der Waals surface area contributed by atoms with Crippen LogP contribution in [-0.4, -0.2) is 14.3 Å². The van der Waals surface area contributed by atoms with Gasteiger partial charge in [-0.25, -0.2) is 0 Å². The van der Waals surface area contributed by atoms with E-state index < -0.39 is 11.9 Å². The Morgan fingerprint density at radius 1 is 1.15 bits per heavy atom. The number of aryl methyl sites for hydroxylation is 2. The molecule has 0 radical (unpaired) electrons. The van der Waals surface area contributed by atoms with Crippen LogP contribution in [0.4, 0.5) is 13.2 Å². The number of aromatic nitrogens is 3. The third-order valence-electron chi connectivity index (χ3n) is 7.74. The normalized spacial score (nSPS) is 19.0. The maximum atomic E-state index is 13.7. The van der Waals surface area contributed by atoms with Crippen LogP contribution in [0.15, 0.2) is 24.4 Å². The molecule has 5 rings (SSSR count). The number of nitrogens with zero attached hydrogens (tertiary/aromatic N) is 3. The minimum absolute atomic E-state index is 0.0980. The van der Waals surface area contributed by atoms with Crippen molar-refractivity contribution in [3.63, 3.8) is 0 Å². The first-order chi connectivity index (χ1) is 16.2. The fourth-order valence-corrected chi connectivity index (χ4v) is 6.02. The zero-order valence-electron chi connectivity index (χ0n) is 20.5. The summed E-state index contributed by atoms with van der Waals surface area (Å²) in [5.74, 6) is 0.107. The van der Waals surface area contributed by atoms with Crippen molar-refractivity contribution >= 4 is 17.0 Å². The van der Waals surface area contributed by atoms with Gasteiger partial charge in [-0.1, -0.05) is 25.1 Å². The van der Waals surface area contributed by atoms with Crippen LogP contribution in [0.3, 0.4) is 0 Å². The molecule has 34 heavy (non-hydrogen) atoms. The minimum atomic E-state index is -4.40. The predicted molar refractivity (Wildman–Crippen MR) is 131 cm³/mol. The summed E-state index contributed by atoms with van der Waals surface area (Å²) in [6.07, 6.45) is 8.11. The van der Waals surface area contributed by atoms with E-state index in [0.717, 1.165) is 44.2 Å². The Balaban J connectivity index is 1.50. The lowest BCUT2D eigenvalue weighted by Gasteiger charge is -2.24. The van der Waals surface area contributed by atoms with Crippen molar-refractivity contribution in [3.8, 4) is 0 Å². The van der Waals surface area contributed by atoms with E-state index in [4.69, 9.17) is 0 Å². The van der Waals surface area contributed by atoms with Crippen LogP contribution < -0.4 is 0 Å². The van der Waals surface area contributed by atoms with Crippen molar-refractivity contribution in [3.05, 3.63) is 58.0 Å². The molecule has 0 amide bonds. The van der Waals surface area contributed by atoms with Crippen LogP contribution in [0.25, 0.3) is 17.0 Å². The molecule has 2 unspecified atom stereocenters. The Bertz CT molecular complexity index is 1240. The Morgan fingerprint density at radius 3 is 2.68 bits per heavy atom. The second kappa shape index (κ2) is 8.62. The summed E-state index contributed by atoms with van der Waals surface area (Å²) in [4.78, 5) is 0. The maximum absolute atomic E-state index is 13.7. The van der Waals surface area contributed by atoms with Crippen LogP contribution in [0.2, 0.25) is 0 Å². The van der Waals surface area contributed by atoms with Crippen molar-refractivity contribution in [1.82, 2.24) is 14.3 Å². The van der Waals surface area contributed by atoms with Gasteiger partial charge in [-0.05, 0) is 94.4 Å². The average Bonchev–Trinajstić information content (AvgIpc) is 3.41. The summed E-state index contributed by atoms with van der Waals surface area (Å²) >= 11 is 0. The van der Waals surface area contributed by atoms with E-state index in [1.807, 2.05) is 13.8 Å². The number of allylic oxidation sites excluding steroid dienone is 1. The molecule has 0 N–H and O–H groups in total. The minimum Gasteiger partial charge on any atom is -0.345 e. The van der Waals surface area contributed by atoms with Gasteiger partial charge in [-0.3, -0.25) is 4.68 Å². The first-order valence-corrected chi connectivity index (χ1v) is 12.7. The average molecular weight is 470 g/mol. The molecule has 0 bridgehead atoms. The molecule has 0 saturated carbocycles. The standard InChI is InChI=1S/C28H34F3N3/c1-17(2)33-15-14-23-21(16-20-9-5-6-10-22(20)26(23)33)13-12-19(4)34-25-18(3)8-7-11-24(25)27(32-34)28(29,30)31/h5,9,14-19H,6-8,10-13H2,1-4H3. The number of halogens is 3. The van der Waals surface area contributed by atoms with Crippen LogP contribution in [0.1, 0.15) is 105 Å². The van der Waals surface area contributed by atoms with Crippen molar-refractivity contribution in [2.75, 3.05) is 0 Å². The van der Waals surface area contributed by atoms with Crippen LogP contribution >= 0.6 is 0 Å². The highest BCUT2D eigenvalue weighted by molar-refractivity contribution is 5.90. The molecule has 6 heteroatoms. The highest BCUT2D eigenvalue weighted by Gasteiger charge is 2.41. The molecule has 3 nitrogen and oxygen atoms in total. The fraction of sp³-hybridized carbons (Fsp3) is 0.536. The van der Waals surface area contributed by atoms with E-state index in [1.165, 1.54) is 27.6 Å². The Kier molecular flexibility index (Phi) is 5.89. The van der Waals surface area contributed by atoms with E-state index in [9.17, 15) is 13.2 Å². The molecule has 2 aromatic heterocycles. The van der Waals surface area contributed by atoms with Crippen LogP contribution in [0, 0.1) is 0 Å². The molecule has 0 spiro atoms. The molecule has 1 aromatic carbocycles. The summed E-state index contributed by atoms with van der Waals surface area (Å²) < 4.78 is 45.3. The van der Waals surface area contributed by atoms with Gasteiger partial charge in [0.2, 0.25) is 0 Å². The van der Waals surface area contributed by atoms with Crippen LogP contribution in [-0.2, 0) is 25.4 Å². The molecular formula is C28H34F3N3. The van der Waals surface area contributed by atoms with Crippen LogP contribution in [0.5, 0.6) is 0 Å². The van der Waals surface area contributed by atoms with E-state index in [0.29, 0.717) is 18.0 Å². The SMILES string of the molecule is CC1CCCc2c(C(F)(F)F)nn(C(C)CCc3cc4c(c5c3ccn5C(C)C)CCC=C4)c21. The molecule has 2 heterocycles. The molecule has 182 valence electrons. The van der Waals surface area contributed by atoms with E-state index in [2.05, 4.69) is 54.0 Å². The van der Waals surface area contributed by atoms with Gasteiger partial charge in [0, 0.05) is 34.9 Å². The molecular weight excluding hydrogens is 435 g/mol. The second-order valence-corrected chi connectivity index (χ2v) is 10.5. The number of rotatable bonds is 5. The van der Waals surface area contributed by atoms with Gasteiger partial charge in [0.05, 0.1) is 5.52 Å². The van der Waals surface area contributed by atoms with Gasteiger partial charge in [0.25, 0.3) is 0 Å². The first kappa shape index (κ1) is 23.3. The lowest BCUT2D eigenvalue weighted by Crippen LogP contribution is -2.16. The van der Waals surface area contributed by atoms with Gasteiger partial charge in [0.15, 0.2) is 5.69 Å². The molecule has 0 saturated heterocycles. The predicted octanol–water partition coefficient (Wildman–Crippen LogP) is 8.03. The van der Waals surface area contributed by atoms with Gasteiger partial charge in [0.1, 0.15) is 0 Å². The third kappa shape index (κ3) is 3.89. The van der Waals surface area contributed by atoms with Crippen molar-refractivity contribution < 1.29 is 13.2 Å². The Hall–Kier alpha value is -2.50. The van der Waals surface area contributed by atoms with Crippen molar-refractivity contribution in [1.29, 1.82) is 0 Å². The molecule has 0 fully saturated rings.